The summed E-state index contributed by atoms with van der Waals surface area (Å²) in [6.07, 6.45) is 32.2. The summed E-state index contributed by atoms with van der Waals surface area (Å²) in [4.78, 5) is 25.3. The van der Waals surface area contributed by atoms with Crippen LogP contribution in [0, 0.1) is 5.92 Å². The molecule has 5 heteroatoms. The molecule has 39 heavy (non-hydrogen) atoms. The molecule has 0 amide bonds. The third kappa shape index (κ3) is 29.4. The molecule has 0 aliphatic heterocycles. The second-order valence-electron chi connectivity index (χ2n) is 11.8. The fraction of sp³-hybridized carbons (Fsp3) is 0.882. The SMILES string of the molecule is CCCCCCCC/C=C\CC(CCCCCCCCCCCCCCCOC(=O)CCCN(C)C)C(=O)O. The predicted molar refractivity (Wildman–Crippen MR) is 166 cm³/mol. The lowest BCUT2D eigenvalue weighted by molar-refractivity contribution is -0.144. The van der Waals surface area contributed by atoms with E-state index in [-0.39, 0.29) is 11.9 Å². The molecule has 0 aromatic rings. The van der Waals surface area contributed by atoms with Crippen LogP contribution in [0.3, 0.4) is 0 Å². The molecule has 0 saturated carbocycles. The number of carbonyl (C=O) groups excluding carboxylic acids is 1. The Hall–Kier alpha value is -1.36. The molecular formula is C34H65NO4. The summed E-state index contributed by atoms with van der Waals surface area (Å²) in [6.45, 7) is 3.75. The average Bonchev–Trinajstić information content (AvgIpc) is 2.90. The molecule has 1 atom stereocenters. The molecule has 0 aromatic carbocycles. The van der Waals surface area contributed by atoms with E-state index in [9.17, 15) is 14.7 Å². The Bertz CT molecular complexity index is 576. The molecule has 0 heterocycles. The van der Waals surface area contributed by atoms with Crippen LogP contribution in [-0.4, -0.2) is 49.2 Å². The lowest BCUT2D eigenvalue weighted by Crippen LogP contribution is -2.15. The quantitative estimate of drug-likeness (QED) is 0.0546. The van der Waals surface area contributed by atoms with E-state index in [0.29, 0.717) is 19.4 Å². The van der Waals surface area contributed by atoms with Crippen molar-refractivity contribution in [1.82, 2.24) is 4.90 Å². The van der Waals surface area contributed by atoms with Gasteiger partial charge in [-0.25, -0.2) is 0 Å². The van der Waals surface area contributed by atoms with Crippen molar-refractivity contribution in [2.24, 2.45) is 5.92 Å². The van der Waals surface area contributed by atoms with Crippen LogP contribution >= 0.6 is 0 Å². The molecule has 0 aliphatic rings. The highest BCUT2D eigenvalue weighted by atomic mass is 16.5. The number of carbonyl (C=O) groups is 2. The van der Waals surface area contributed by atoms with Crippen molar-refractivity contribution in [2.75, 3.05) is 27.2 Å². The summed E-state index contributed by atoms with van der Waals surface area (Å²) < 4.78 is 5.31. The van der Waals surface area contributed by atoms with Crippen molar-refractivity contribution in [3.63, 3.8) is 0 Å². The molecule has 5 nitrogen and oxygen atoms in total. The molecule has 0 aliphatic carbocycles. The summed E-state index contributed by atoms with van der Waals surface area (Å²) in [5.74, 6) is -0.893. The van der Waals surface area contributed by atoms with Gasteiger partial charge in [0, 0.05) is 6.42 Å². The van der Waals surface area contributed by atoms with Gasteiger partial charge in [0.25, 0.3) is 0 Å². The zero-order chi connectivity index (χ0) is 28.8. The van der Waals surface area contributed by atoms with Crippen molar-refractivity contribution in [2.45, 2.75) is 161 Å². The van der Waals surface area contributed by atoms with Crippen molar-refractivity contribution in [3.05, 3.63) is 12.2 Å². The van der Waals surface area contributed by atoms with Gasteiger partial charge in [0.1, 0.15) is 0 Å². The number of hydrogen-bond donors (Lipinski definition) is 1. The summed E-state index contributed by atoms with van der Waals surface area (Å²) in [5, 5.41) is 9.52. The van der Waals surface area contributed by atoms with Crippen LogP contribution in [0.1, 0.15) is 161 Å². The lowest BCUT2D eigenvalue weighted by Gasteiger charge is -2.10. The zero-order valence-electron chi connectivity index (χ0n) is 26.2. The standard InChI is InChI=1S/C34H65NO4/c1-4-5-6-7-8-14-17-20-23-27-32(34(37)38)28-24-21-18-15-12-10-9-11-13-16-19-22-25-31-39-33(36)29-26-30-35(2)3/h20,23,32H,4-19,21-22,24-31H2,1-3H3,(H,37,38)/b23-20-. The van der Waals surface area contributed by atoms with E-state index >= 15 is 0 Å². The summed E-state index contributed by atoms with van der Waals surface area (Å²) in [5.41, 5.74) is 0. The summed E-state index contributed by atoms with van der Waals surface area (Å²) in [6, 6.07) is 0. The van der Waals surface area contributed by atoms with Crippen LogP contribution in [0.2, 0.25) is 0 Å². The van der Waals surface area contributed by atoms with E-state index in [1.165, 1.54) is 96.3 Å². The molecule has 0 rings (SSSR count). The number of aliphatic carboxylic acids is 1. The van der Waals surface area contributed by atoms with Crippen LogP contribution in [0.25, 0.3) is 0 Å². The highest BCUT2D eigenvalue weighted by Gasteiger charge is 2.14. The van der Waals surface area contributed by atoms with Gasteiger partial charge in [0.05, 0.1) is 12.5 Å². The van der Waals surface area contributed by atoms with Gasteiger partial charge in [-0.05, 0) is 59.2 Å². The molecular weight excluding hydrogens is 486 g/mol. The van der Waals surface area contributed by atoms with Crippen LogP contribution in [0.15, 0.2) is 12.2 Å². The fourth-order valence-corrected chi connectivity index (χ4v) is 5.00. The first-order valence-corrected chi connectivity index (χ1v) is 16.7. The lowest BCUT2D eigenvalue weighted by atomic mass is 9.96. The Morgan fingerprint density at radius 1 is 0.692 bits per heavy atom. The number of rotatable bonds is 30. The second kappa shape index (κ2) is 29.6. The van der Waals surface area contributed by atoms with Crippen LogP contribution in [-0.2, 0) is 14.3 Å². The number of carboxylic acids is 1. The van der Waals surface area contributed by atoms with Gasteiger partial charge >= 0.3 is 11.9 Å². The van der Waals surface area contributed by atoms with Crippen LogP contribution < -0.4 is 0 Å². The fourth-order valence-electron chi connectivity index (χ4n) is 5.00. The van der Waals surface area contributed by atoms with Gasteiger partial charge in [-0.3, -0.25) is 9.59 Å². The maximum atomic E-state index is 11.6. The van der Waals surface area contributed by atoms with E-state index in [4.69, 9.17) is 4.74 Å². The monoisotopic (exact) mass is 551 g/mol. The Morgan fingerprint density at radius 2 is 1.21 bits per heavy atom. The van der Waals surface area contributed by atoms with Gasteiger partial charge in [0.2, 0.25) is 0 Å². The summed E-state index contributed by atoms with van der Waals surface area (Å²) in [7, 11) is 4.04. The van der Waals surface area contributed by atoms with E-state index in [1.54, 1.807) is 0 Å². The van der Waals surface area contributed by atoms with Gasteiger partial charge in [-0.15, -0.1) is 0 Å². The maximum Gasteiger partial charge on any atom is 0.306 e. The minimum atomic E-state index is -0.631. The number of unbranched alkanes of at least 4 members (excludes halogenated alkanes) is 18. The number of ether oxygens (including phenoxy) is 1. The molecule has 1 unspecified atom stereocenters. The van der Waals surface area contributed by atoms with Gasteiger partial charge in [-0.2, -0.15) is 0 Å². The number of esters is 1. The molecule has 0 spiro atoms. The van der Waals surface area contributed by atoms with E-state index in [1.807, 2.05) is 14.1 Å². The Balaban J connectivity index is 3.44. The topological polar surface area (TPSA) is 66.8 Å². The molecule has 0 saturated heterocycles. The first-order valence-electron chi connectivity index (χ1n) is 16.7. The van der Waals surface area contributed by atoms with Gasteiger partial charge in [0.15, 0.2) is 0 Å². The first-order chi connectivity index (χ1) is 19.0. The molecule has 0 bridgehead atoms. The van der Waals surface area contributed by atoms with Crippen molar-refractivity contribution in [1.29, 1.82) is 0 Å². The first kappa shape index (κ1) is 37.6. The smallest absolute Gasteiger partial charge is 0.306 e. The number of carboxylic acid groups (broad SMARTS) is 1. The van der Waals surface area contributed by atoms with Crippen molar-refractivity contribution in [3.8, 4) is 0 Å². The third-order valence-corrected chi connectivity index (χ3v) is 7.61. The van der Waals surface area contributed by atoms with Crippen LogP contribution in [0.4, 0.5) is 0 Å². The number of hydrogen-bond acceptors (Lipinski definition) is 4. The van der Waals surface area contributed by atoms with E-state index in [2.05, 4.69) is 24.0 Å². The van der Waals surface area contributed by atoms with E-state index in [0.717, 1.165) is 51.5 Å². The molecule has 0 aromatic heterocycles. The Kier molecular flexibility index (Phi) is 28.6. The second-order valence-corrected chi connectivity index (χ2v) is 11.8. The normalized spacial score (nSPS) is 12.4. The minimum Gasteiger partial charge on any atom is -0.481 e. The maximum absolute atomic E-state index is 11.6. The highest BCUT2D eigenvalue weighted by molar-refractivity contribution is 5.70. The van der Waals surface area contributed by atoms with Gasteiger partial charge < -0.3 is 14.7 Å². The highest BCUT2D eigenvalue weighted by Crippen LogP contribution is 2.18. The predicted octanol–water partition coefficient (Wildman–Crippen LogP) is 9.73. The Morgan fingerprint density at radius 3 is 1.74 bits per heavy atom. The zero-order valence-corrected chi connectivity index (χ0v) is 26.2. The number of allylic oxidation sites excluding steroid dienone is 2. The molecule has 0 radical (unpaired) electrons. The largest absolute Gasteiger partial charge is 0.481 e. The van der Waals surface area contributed by atoms with Crippen molar-refractivity contribution < 1.29 is 19.4 Å². The third-order valence-electron chi connectivity index (χ3n) is 7.61. The summed E-state index contributed by atoms with van der Waals surface area (Å²) >= 11 is 0. The molecule has 1 N–H and O–H groups in total. The van der Waals surface area contributed by atoms with Crippen LogP contribution in [0.5, 0.6) is 0 Å². The van der Waals surface area contributed by atoms with Crippen molar-refractivity contribution >= 4 is 11.9 Å². The molecule has 230 valence electrons. The van der Waals surface area contributed by atoms with E-state index < -0.39 is 5.97 Å². The number of nitrogens with zero attached hydrogens (tertiary/aromatic N) is 1. The Labute approximate surface area is 242 Å². The average molecular weight is 552 g/mol. The minimum absolute atomic E-state index is 0.0527. The molecule has 0 fully saturated rings. The van der Waals surface area contributed by atoms with Gasteiger partial charge in [-0.1, -0.05) is 128 Å².